The van der Waals surface area contributed by atoms with Gasteiger partial charge in [-0.2, -0.15) is 5.10 Å². The molecule has 1 aromatic rings. The minimum absolute atomic E-state index is 0.0799. The van der Waals surface area contributed by atoms with Crippen molar-refractivity contribution >= 4 is 17.5 Å². The normalized spacial score (nSPS) is 20.0. The van der Waals surface area contributed by atoms with Crippen LogP contribution in [0, 0.1) is 13.8 Å². The molecule has 0 aromatic carbocycles. The van der Waals surface area contributed by atoms with Gasteiger partial charge in [0.05, 0.1) is 11.3 Å². The van der Waals surface area contributed by atoms with E-state index in [1.807, 2.05) is 25.8 Å². The standard InChI is InChI=1S/C12H18ClN3O/c1-8-11(9(2)15(3)14-8)12(17)16-6-4-5-10(16)7-13/h10H,4-7H2,1-3H3. The topological polar surface area (TPSA) is 38.1 Å². The molecule has 0 aliphatic carbocycles. The number of halogens is 1. The molecule has 0 spiro atoms. The minimum atomic E-state index is 0.0799. The highest BCUT2D eigenvalue weighted by molar-refractivity contribution is 6.18. The lowest BCUT2D eigenvalue weighted by molar-refractivity contribution is 0.0747. The summed E-state index contributed by atoms with van der Waals surface area (Å²) >= 11 is 5.90. The molecular formula is C12H18ClN3O. The number of hydrogen-bond acceptors (Lipinski definition) is 2. The van der Waals surface area contributed by atoms with E-state index in [4.69, 9.17) is 11.6 Å². The molecule has 1 aliphatic rings. The van der Waals surface area contributed by atoms with Crippen molar-refractivity contribution in [3.8, 4) is 0 Å². The highest BCUT2D eigenvalue weighted by Gasteiger charge is 2.31. The Morgan fingerprint density at radius 3 is 2.76 bits per heavy atom. The fourth-order valence-corrected chi connectivity index (χ4v) is 2.81. The number of carbonyl (C=O) groups is 1. The molecule has 1 atom stereocenters. The Morgan fingerprint density at radius 1 is 1.53 bits per heavy atom. The van der Waals surface area contributed by atoms with E-state index in [0.717, 1.165) is 36.3 Å². The number of likely N-dealkylation sites (tertiary alicyclic amines) is 1. The molecule has 1 fully saturated rings. The fraction of sp³-hybridized carbons (Fsp3) is 0.667. The number of aromatic nitrogens is 2. The van der Waals surface area contributed by atoms with Crippen molar-refractivity contribution in [2.45, 2.75) is 32.7 Å². The predicted octanol–water partition coefficient (Wildman–Crippen LogP) is 1.88. The van der Waals surface area contributed by atoms with Gasteiger partial charge in [0, 0.05) is 31.2 Å². The third-order valence-corrected chi connectivity index (χ3v) is 3.90. The second-order valence-corrected chi connectivity index (χ2v) is 4.93. The van der Waals surface area contributed by atoms with Crippen LogP contribution in [0.2, 0.25) is 0 Å². The van der Waals surface area contributed by atoms with Crippen molar-refractivity contribution in [2.24, 2.45) is 7.05 Å². The lowest BCUT2D eigenvalue weighted by atomic mass is 10.1. The Balaban J connectivity index is 2.31. The van der Waals surface area contributed by atoms with E-state index in [2.05, 4.69) is 5.10 Å². The van der Waals surface area contributed by atoms with E-state index in [9.17, 15) is 4.79 Å². The Bertz CT molecular complexity index is 441. The second kappa shape index (κ2) is 4.69. The monoisotopic (exact) mass is 255 g/mol. The highest BCUT2D eigenvalue weighted by atomic mass is 35.5. The molecule has 1 aliphatic heterocycles. The van der Waals surface area contributed by atoms with Crippen LogP contribution in [0.25, 0.3) is 0 Å². The molecule has 1 aromatic heterocycles. The predicted molar refractivity (Wildman–Crippen MR) is 67.5 cm³/mol. The van der Waals surface area contributed by atoms with Crippen LogP contribution in [0.15, 0.2) is 0 Å². The Labute approximate surface area is 107 Å². The van der Waals surface area contributed by atoms with E-state index in [1.54, 1.807) is 4.68 Å². The first kappa shape index (κ1) is 12.4. The molecule has 0 saturated carbocycles. The first-order chi connectivity index (χ1) is 8.06. The van der Waals surface area contributed by atoms with Gasteiger partial charge in [-0.05, 0) is 26.7 Å². The van der Waals surface area contributed by atoms with Gasteiger partial charge in [-0.1, -0.05) is 0 Å². The van der Waals surface area contributed by atoms with Crippen LogP contribution in [0.5, 0.6) is 0 Å². The van der Waals surface area contributed by atoms with Crippen molar-refractivity contribution in [2.75, 3.05) is 12.4 Å². The number of hydrogen-bond donors (Lipinski definition) is 0. The molecule has 17 heavy (non-hydrogen) atoms. The van der Waals surface area contributed by atoms with E-state index in [1.165, 1.54) is 0 Å². The van der Waals surface area contributed by atoms with Crippen LogP contribution in [0.4, 0.5) is 0 Å². The van der Waals surface area contributed by atoms with Crippen LogP contribution in [0.3, 0.4) is 0 Å². The molecule has 0 radical (unpaired) electrons. The molecule has 5 heteroatoms. The SMILES string of the molecule is Cc1nn(C)c(C)c1C(=O)N1CCCC1CCl. The summed E-state index contributed by atoms with van der Waals surface area (Å²) in [5, 5.41) is 4.29. The van der Waals surface area contributed by atoms with Gasteiger partial charge in [0.15, 0.2) is 0 Å². The molecule has 1 unspecified atom stereocenters. The van der Waals surface area contributed by atoms with Crippen LogP contribution < -0.4 is 0 Å². The van der Waals surface area contributed by atoms with Gasteiger partial charge in [0.2, 0.25) is 0 Å². The van der Waals surface area contributed by atoms with Gasteiger partial charge in [-0.15, -0.1) is 11.6 Å². The number of carbonyl (C=O) groups excluding carboxylic acids is 1. The summed E-state index contributed by atoms with van der Waals surface area (Å²) in [6.45, 7) is 4.62. The zero-order valence-corrected chi connectivity index (χ0v) is 11.3. The second-order valence-electron chi connectivity index (χ2n) is 4.62. The molecule has 2 rings (SSSR count). The lowest BCUT2D eigenvalue weighted by Crippen LogP contribution is -2.37. The van der Waals surface area contributed by atoms with Gasteiger partial charge < -0.3 is 4.90 Å². The third-order valence-electron chi connectivity index (χ3n) is 3.54. The maximum Gasteiger partial charge on any atom is 0.257 e. The minimum Gasteiger partial charge on any atom is -0.334 e. The molecule has 1 saturated heterocycles. The fourth-order valence-electron chi connectivity index (χ4n) is 2.49. The summed E-state index contributed by atoms with van der Waals surface area (Å²) < 4.78 is 1.76. The Hall–Kier alpha value is -1.03. The van der Waals surface area contributed by atoms with Gasteiger partial charge in [-0.25, -0.2) is 0 Å². The smallest absolute Gasteiger partial charge is 0.257 e. The summed E-state index contributed by atoms with van der Waals surface area (Å²) in [4.78, 5) is 14.4. The number of nitrogens with zero attached hydrogens (tertiary/aromatic N) is 3. The van der Waals surface area contributed by atoms with E-state index >= 15 is 0 Å². The van der Waals surface area contributed by atoms with Crippen molar-refractivity contribution in [3.63, 3.8) is 0 Å². The zero-order chi connectivity index (χ0) is 12.6. The van der Waals surface area contributed by atoms with Gasteiger partial charge in [0.1, 0.15) is 0 Å². The summed E-state index contributed by atoms with van der Waals surface area (Å²) in [6.07, 6.45) is 2.05. The number of aryl methyl sites for hydroxylation is 2. The number of amides is 1. The molecule has 2 heterocycles. The van der Waals surface area contributed by atoms with E-state index in [0.29, 0.717) is 5.88 Å². The lowest BCUT2D eigenvalue weighted by Gasteiger charge is -2.23. The quantitative estimate of drug-likeness (QED) is 0.757. The number of alkyl halides is 1. The van der Waals surface area contributed by atoms with Crippen molar-refractivity contribution < 1.29 is 4.79 Å². The maximum atomic E-state index is 12.5. The molecular weight excluding hydrogens is 238 g/mol. The molecule has 0 bridgehead atoms. The zero-order valence-electron chi connectivity index (χ0n) is 10.5. The van der Waals surface area contributed by atoms with Crippen LogP contribution >= 0.6 is 11.6 Å². The van der Waals surface area contributed by atoms with Crippen LogP contribution in [0.1, 0.15) is 34.6 Å². The first-order valence-corrected chi connectivity index (χ1v) is 6.46. The summed E-state index contributed by atoms with van der Waals surface area (Å²) in [5.41, 5.74) is 2.47. The highest BCUT2D eigenvalue weighted by Crippen LogP contribution is 2.23. The largest absolute Gasteiger partial charge is 0.334 e. The van der Waals surface area contributed by atoms with Gasteiger partial charge in [-0.3, -0.25) is 9.48 Å². The third kappa shape index (κ3) is 2.06. The Morgan fingerprint density at radius 2 is 2.24 bits per heavy atom. The summed E-state index contributed by atoms with van der Waals surface area (Å²) in [5.74, 6) is 0.598. The number of rotatable bonds is 2. The van der Waals surface area contributed by atoms with Crippen molar-refractivity contribution in [3.05, 3.63) is 17.0 Å². The van der Waals surface area contributed by atoms with Gasteiger partial charge >= 0.3 is 0 Å². The van der Waals surface area contributed by atoms with Crippen molar-refractivity contribution in [1.29, 1.82) is 0 Å². The van der Waals surface area contributed by atoms with Crippen LogP contribution in [-0.2, 0) is 7.05 Å². The maximum absolute atomic E-state index is 12.5. The Kier molecular flexibility index (Phi) is 3.43. The average Bonchev–Trinajstić information content (AvgIpc) is 2.84. The van der Waals surface area contributed by atoms with Crippen LogP contribution in [-0.4, -0.2) is 39.1 Å². The summed E-state index contributed by atoms with van der Waals surface area (Å²) in [7, 11) is 1.86. The van der Waals surface area contributed by atoms with E-state index in [-0.39, 0.29) is 11.9 Å². The molecule has 0 N–H and O–H groups in total. The van der Waals surface area contributed by atoms with E-state index < -0.39 is 0 Å². The first-order valence-electron chi connectivity index (χ1n) is 5.93. The molecule has 4 nitrogen and oxygen atoms in total. The molecule has 1 amide bonds. The van der Waals surface area contributed by atoms with Gasteiger partial charge in [0.25, 0.3) is 5.91 Å². The average molecular weight is 256 g/mol. The van der Waals surface area contributed by atoms with Crippen molar-refractivity contribution in [1.82, 2.24) is 14.7 Å². The summed E-state index contributed by atoms with van der Waals surface area (Å²) in [6, 6.07) is 0.183. The molecule has 94 valence electrons.